The number of methoxy groups -OCH3 is 1. The van der Waals surface area contributed by atoms with Crippen molar-refractivity contribution >= 4 is 16.0 Å². The van der Waals surface area contributed by atoms with Crippen molar-refractivity contribution in [1.82, 2.24) is 4.31 Å². The lowest BCUT2D eigenvalue weighted by molar-refractivity contribution is 0.0595. The number of nitrogens with zero attached hydrogens (tertiary/aromatic N) is 1. The third kappa shape index (κ3) is 3.35. The minimum atomic E-state index is -4.03. The molecule has 0 unspecified atom stereocenters. The third-order valence-electron chi connectivity index (χ3n) is 4.52. The van der Waals surface area contributed by atoms with E-state index in [9.17, 15) is 17.6 Å². The first-order valence-corrected chi connectivity index (χ1v) is 9.47. The maximum Gasteiger partial charge on any atom is 0.339 e. The highest BCUT2D eigenvalue weighted by Gasteiger charge is 2.39. The molecule has 1 aliphatic rings. The Hall–Kier alpha value is -2.29. The molecular weight excluding hydrogens is 359 g/mol. The van der Waals surface area contributed by atoms with E-state index in [0.29, 0.717) is 0 Å². The van der Waals surface area contributed by atoms with Gasteiger partial charge < -0.3 is 10.5 Å². The van der Waals surface area contributed by atoms with Crippen molar-refractivity contribution in [3.63, 3.8) is 0 Å². The second kappa shape index (κ2) is 7.14. The van der Waals surface area contributed by atoms with Crippen molar-refractivity contribution in [3.8, 4) is 0 Å². The first-order chi connectivity index (χ1) is 12.3. The Bertz CT molecular complexity index is 918. The maximum absolute atomic E-state index is 13.5. The Labute approximate surface area is 151 Å². The van der Waals surface area contributed by atoms with Crippen LogP contribution in [-0.4, -0.2) is 44.9 Å². The van der Waals surface area contributed by atoms with Crippen LogP contribution in [0.25, 0.3) is 0 Å². The maximum atomic E-state index is 13.5. The molecule has 0 bridgehead atoms. The second-order valence-electron chi connectivity index (χ2n) is 6.14. The molecule has 0 spiro atoms. The lowest BCUT2D eigenvalue weighted by atomic mass is 9.95. The molecule has 26 heavy (non-hydrogen) atoms. The van der Waals surface area contributed by atoms with E-state index in [1.54, 1.807) is 0 Å². The van der Waals surface area contributed by atoms with E-state index in [2.05, 4.69) is 4.74 Å². The van der Waals surface area contributed by atoms with Crippen molar-refractivity contribution in [1.29, 1.82) is 0 Å². The summed E-state index contributed by atoms with van der Waals surface area (Å²) in [7, 11) is -2.92. The molecule has 2 aromatic carbocycles. The molecule has 0 aliphatic carbocycles. The minimum Gasteiger partial charge on any atom is -0.465 e. The first-order valence-electron chi connectivity index (χ1n) is 8.03. The van der Waals surface area contributed by atoms with Crippen LogP contribution in [0.1, 0.15) is 21.8 Å². The molecule has 3 rings (SSSR count). The van der Waals surface area contributed by atoms with Gasteiger partial charge in [-0.05, 0) is 23.8 Å². The van der Waals surface area contributed by atoms with Gasteiger partial charge in [0.2, 0.25) is 10.0 Å². The van der Waals surface area contributed by atoms with E-state index in [4.69, 9.17) is 5.73 Å². The highest BCUT2D eigenvalue weighted by Crippen LogP contribution is 2.31. The average Bonchev–Trinajstić information content (AvgIpc) is 3.04. The molecule has 138 valence electrons. The largest absolute Gasteiger partial charge is 0.465 e. The van der Waals surface area contributed by atoms with Crippen LogP contribution in [0.2, 0.25) is 0 Å². The Morgan fingerprint density at radius 3 is 2.54 bits per heavy atom. The van der Waals surface area contributed by atoms with Crippen LogP contribution >= 0.6 is 0 Å². The Morgan fingerprint density at radius 2 is 1.88 bits per heavy atom. The van der Waals surface area contributed by atoms with E-state index in [-0.39, 0.29) is 35.5 Å². The van der Waals surface area contributed by atoms with E-state index < -0.39 is 21.8 Å². The van der Waals surface area contributed by atoms with Crippen molar-refractivity contribution in [2.75, 3.05) is 20.2 Å². The normalized spacial score (nSPS) is 20.9. The number of hydrogen-bond acceptors (Lipinski definition) is 5. The molecule has 0 amide bonds. The second-order valence-corrected chi connectivity index (χ2v) is 8.04. The molecule has 1 heterocycles. The number of esters is 1. The van der Waals surface area contributed by atoms with Gasteiger partial charge in [-0.2, -0.15) is 4.31 Å². The van der Waals surface area contributed by atoms with Crippen molar-refractivity contribution in [2.24, 2.45) is 5.73 Å². The average molecular weight is 378 g/mol. The molecule has 8 heteroatoms. The number of sulfonamides is 1. The fourth-order valence-corrected chi connectivity index (χ4v) is 4.84. The van der Waals surface area contributed by atoms with Crippen LogP contribution in [-0.2, 0) is 14.8 Å². The molecule has 0 saturated carbocycles. The van der Waals surface area contributed by atoms with Gasteiger partial charge in [-0.1, -0.05) is 30.3 Å². The van der Waals surface area contributed by atoms with Crippen LogP contribution in [0.15, 0.2) is 53.4 Å². The van der Waals surface area contributed by atoms with Gasteiger partial charge in [-0.3, -0.25) is 0 Å². The first kappa shape index (κ1) is 18.5. The minimum absolute atomic E-state index is 0.111. The molecule has 6 nitrogen and oxygen atoms in total. The monoisotopic (exact) mass is 378 g/mol. The number of halogens is 1. The van der Waals surface area contributed by atoms with Crippen LogP contribution in [0.5, 0.6) is 0 Å². The van der Waals surface area contributed by atoms with Crippen molar-refractivity contribution in [2.45, 2.75) is 16.9 Å². The number of nitrogens with two attached hydrogens (primary N) is 1. The Balaban J connectivity index is 1.96. The quantitative estimate of drug-likeness (QED) is 0.819. The highest BCUT2D eigenvalue weighted by atomic mass is 32.2. The summed E-state index contributed by atoms with van der Waals surface area (Å²) in [5.74, 6) is -1.79. The molecule has 2 N–H and O–H groups in total. The van der Waals surface area contributed by atoms with Crippen molar-refractivity contribution < 1.29 is 22.3 Å². The summed E-state index contributed by atoms with van der Waals surface area (Å²) in [6.07, 6.45) is 0. The van der Waals surface area contributed by atoms with Gasteiger partial charge in [0.05, 0.1) is 17.6 Å². The number of benzene rings is 2. The summed E-state index contributed by atoms with van der Waals surface area (Å²) in [4.78, 5) is 11.6. The molecule has 1 aliphatic heterocycles. The van der Waals surface area contributed by atoms with Gasteiger partial charge in [0.1, 0.15) is 5.82 Å². The number of carbonyl (C=O) groups excluding carboxylic acids is 1. The fourth-order valence-electron chi connectivity index (χ4n) is 3.18. The predicted octanol–water partition coefficient (Wildman–Crippen LogP) is 1.73. The molecule has 0 aromatic heterocycles. The summed E-state index contributed by atoms with van der Waals surface area (Å²) in [6, 6.07) is 12.0. The van der Waals surface area contributed by atoms with Gasteiger partial charge in [0.15, 0.2) is 0 Å². The number of ether oxygens (including phenoxy) is 1. The SMILES string of the molecule is COC(=O)c1cc(F)ccc1S(=O)(=O)N1C[C@@H](N)[C@H](c2ccccc2)C1. The topological polar surface area (TPSA) is 89.7 Å². The predicted molar refractivity (Wildman–Crippen MR) is 93.7 cm³/mol. The molecule has 2 atom stereocenters. The van der Waals surface area contributed by atoms with E-state index in [1.807, 2.05) is 30.3 Å². The highest BCUT2D eigenvalue weighted by molar-refractivity contribution is 7.89. The summed E-state index contributed by atoms with van der Waals surface area (Å²) in [5, 5.41) is 0. The number of carbonyl (C=O) groups is 1. The third-order valence-corrected chi connectivity index (χ3v) is 6.41. The molecule has 0 radical (unpaired) electrons. The van der Waals surface area contributed by atoms with Gasteiger partial charge in [-0.15, -0.1) is 0 Å². The van der Waals surface area contributed by atoms with E-state index in [1.165, 1.54) is 4.31 Å². The Kier molecular flexibility index (Phi) is 5.08. The lowest BCUT2D eigenvalue weighted by Crippen LogP contribution is -2.33. The van der Waals surface area contributed by atoms with E-state index >= 15 is 0 Å². The van der Waals surface area contributed by atoms with Crippen LogP contribution in [0.3, 0.4) is 0 Å². The number of rotatable bonds is 4. The standard InChI is InChI=1S/C18H19FN2O4S/c1-25-18(22)14-9-13(19)7-8-17(14)26(23,24)21-10-15(16(20)11-21)12-5-3-2-4-6-12/h2-9,15-16H,10-11,20H2,1H3/t15-,16+/m0/s1. The van der Waals surface area contributed by atoms with Crippen LogP contribution < -0.4 is 5.73 Å². The molecular formula is C18H19FN2O4S. The molecule has 1 saturated heterocycles. The molecule has 1 fully saturated rings. The summed E-state index contributed by atoms with van der Waals surface area (Å²) in [5.41, 5.74) is 6.79. The summed E-state index contributed by atoms with van der Waals surface area (Å²) < 4.78 is 45.4. The van der Waals surface area contributed by atoms with Crippen LogP contribution in [0, 0.1) is 5.82 Å². The Morgan fingerprint density at radius 1 is 1.19 bits per heavy atom. The zero-order valence-electron chi connectivity index (χ0n) is 14.1. The zero-order valence-corrected chi connectivity index (χ0v) is 14.9. The lowest BCUT2D eigenvalue weighted by Gasteiger charge is -2.18. The van der Waals surface area contributed by atoms with Gasteiger partial charge in [0.25, 0.3) is 0 Å². The summed E-state index contributed by atoms with van der Waals surface area (Å²) >= 11 is 0. The van der Waals surface area contributed by atoms with Crippen LogP contribution in [0.4, 0.5) is 4.39 Å². The molecule has 2 aromatic rings. The van der Waals surface area contributed by atoms with E-state index in [0.717, 1.165) is 30.9 Å². The smallest absolute Gasteiger partial charge is 0.339 e. The fraction of sp³-hybridized carbons (Fsp3) is 0.278. The van der Waals surface area contributed by atoms with Gasteiger partial charge in [-0.25, -0.2) is 17.6 Å². The van der Waals surface area contributed by atoms with Gasteiger partial charge >= 0.3 is 5.97 Å². The van der Waals surface area contributed by atoms with Crippen molar-refractivity contribution in [3.05, 3.63) is 65.5 Å². The number of hydrogen-bond donors (Lipinski definition) is 1. The zero-order chi connectivity index (χ0) is 18.9. The van der Waals surface area contributed by atoms with Gasteiger partial charge in [0, 0.05) is 25.0 Å². The summed E-state index contributed by atoms with van der Waals surface area (Å²) in [6.45, 7) is 0.297.